The molecule has 0 saturated carbocycles. The molecule has 0 radical (unpaired) electrons. The summed E-state index contributed by atoms with van der Waals surface area (Å²) in [5.74, 6) is 0.278. The zero-order chi connectivity index (χ0) is 10.6. The molecule has 0 aliphatic carbocycles. The van der Waals surface area contributed by atoms with Gasteiger partial charge in [-0.1, -0.05) is 6.92 Å². The van der Waals surface area contributed by atoms with Crippen molar-refractivity contribution in [3.05, 3.63) is 20.8 Å². The van der Waals surface area contributed by atoms with Crippen LogP contribution in [0.1, 0.15) is 18.2 Å². The third kappa shape index (κ3) is 3.19. The van der Waals surface area contributed by atoms with Gasteiger partial charge in [0.1, 0.15) is 5.78 Å². The molecule has 0 amide bonds. The Morgan fingerprint density at radius 2 is 2.43 bits per heavy atom. The molecular formula is C10H14BrNOS. The summed E-state index contributed by atoms with van der Waals surface area (Å²) >= 11 is 4.98. The summed E-state index contributed by atoms with van der Waals surface area (Å²) in [5.41, 5.74) is 5.52. The van der Waals surface area contributed by atoms with E-state index >= 15 is 0 Å². The van der Waals surface area contributed by atoms with Crippen LogP contribution < -0.4 is 5.73 Å². The summed E-state index contributed by atoms with van der Waals surface area (Å²) in [6.07, 6.45) is 1.36. The van der Waals surface area contributed by atoms with Crippen LogP contribution in [-0.4, -0.2) is 12.3 Å². The van der Waals surface area contributed by atoms with Gasteiger partial charge >= 0.3 is 0 Å². The van der Waals surface area contributed by atoms with Gasteiger partial charge in [0.05, 0.1) is 0 Å². The van der Waals surface area contributed by atoms with E-state index in [0.29, 0.717) is 13.0 Å². The van der Waals surface area contributed by atoms with Crippen LogP contribution in [0.15, 0.2) is 15.9 Å². The molecule has 0 aliphatic heterocycles. The number of hydrogen-bond donors (Lipinski definition) is 1. The Labute approximate surface area is 96.6 Å². The van der Waals surface area contributed by atoms with Crippen molar-refractivity contribution in [3.63, 3.8) is 0 Å². The number of carbonyl (C=O) groups is 1. The molecule has 1 unspecified atom stereocenters. The summed E-state index contributed by atoms with van der Waals surface area (Å²) in [4.78, 5) is 12.8. The van der Waals surface area contributed by atoms with E-state index in [4.69, 9.17) is 5.73 Å². The van der Waals surface area contributed by atoms with Crippen LogP contribution in [0.3, 0.4) is 0 Å². The lowest BCUT2D eigenvalue weighted by molar-refractivity contribution is -0.121. The summed E-state index contributed by atoms with van der Waals surface area (Å²) in [6, 6.07) is 1.99. The lowest BCUT2D eigenvalue weighted by Gasteiger charge is -2.09. The summed E-state index contributed by atoms with van der Waals surface area (Å²) < 4.78 is 1.05. The van der Waals surface area contributed by atoms with E-state index < -0.39 is 0 Å². The number of thiophene rings is 1. The van der Waals surface area contributed by atoms with Gasteiger partial charge in [-0.3, -0.25) is 4.79 Å². The Kier molecular flexibility index (Phi) is 4.78. The second kappa shape index (κ2) is 5.63. The van der Waals surface area contributed by atoms with Gasteiger partial charge in [0.2, 0.25) is 0 Å². The van der Waals surface area contributed by atoms with Crippen LogP contribution in [0.2, 0.25) is 0 Å². The standard InChI is InChI=1S/C10H14BrNOS/c1-2-7(5-12)10(13)4-9-3-8(11)6-14-9/h3,6-7H,2,4-5,12H2,1H3. The molecule has 1 rings (SSSR count). The average Bonchev–Trinajstić information content (AvgIpc) is 2.53. The topological polar surface area (TPSA) is 43.1 Å². The first-order valence-corrected chi connectivity index (χ1v) is 6.30. The Morgan fingerprint density at radius 1 is 1.71 bits per heavy atom. The van der Waals surface area contributed by atoms with Crippen LogP contribution in [0.5, 0.6) is 0 Å². The lowest BCUT2D eigenvalue weighted by Crippen LogP contribution is -2.24. The highest BCUT2D eigenvalue weighted by molar-refractivity contribution is 9.10. The predicted octanol–water partition coefficient (Wildman–Crippen LogP) is 2.61. The molecule has 0 bridgehead atoms. The minimum Gasteiger partial charge on any atom is -0.330 e. The minimum atomic E-state index is 0.0240. The number of nitrogens with two attached hydrogens (primary N) is 1. The molecule has 1 aromatic heterocycles. The average molecular weight is 276 g/mol. The molecule has 0 aliphatic rings. The number of ketones is 1. The summed E-state index contributed by atoms with van der Waals surface area (Å²) in [5, 5.41) is 1.99. The lowest BCUT2D eigenvalue weighted by atomic mass is 9.98. The van der Waals surface area contributed by atoms with Crippen molar-refractivity contribution in [2.75, 3.05) is 6.54 Å². The van der Waals surface area contributed by atoms with E-state index in [1.54, 1.807) is 11.3 Å². The first-order chi connectivity index (χ1) is 6.67. The first kappa shape index (κ1) is 11.9. The molecule has 0 fully saturated rings. The Bertz CT molecular complexity index is 307. The van der Waals surface area contributed by atoms with Gasteiger partial charge in [0, 0.05) is 33.6 Å². The van der Waals surface area contributed by atoms with Gasteiger partial charge in [0.15, 0.2) is 0 Å². The fraction of sp³-hybridized carbons (Fsp3) is 0.500. The van der Waals surface area contributed by atoms with Gasteiger partial charge in [-0.15, -0.1) is 11.3 Å². The van der Waals surface area contributed by atoms with Crippen molar-refractivity contribution in [3.8, 4) is 0 Å². The highest BCUT2D eigenvalue weighted by atomic mass is 79.9. The van der Waals surface area contributed by atoms with Crippen molar-refractivity contribution in [1.82, 2.24) is 0 Å². The highest BCUT2D eigenvalue weighted by Crippen LogP contribution is 2.21. The minimum absolute atomic E-state index is 0.0240. The van der Waals surface area contributed by atoms with Crippen LogP contribution in [0.4, 0.5) is 0 Å². The van der Waals surface area contributed by atoms with Crippen LogP contribution >= 0.6 is 27.3 Å². The summed E-state index contributed by atoms with van der Waals surface area (Å²) in [6.45, 7) is 2.46. The Morgan fingerprint density at radius 3 is 2.86 bits per heavy atom. The smallest absolute Gasteiger partial charge is 0.142 e. The van der Waals surface area contributed by atoms with E-state index in [1.165, 1.54) is 0 Å². The third-order valence-electron chi connectivity index (χ3n) is 2.20. The largest absolute Gasteiger partial charge is 0.330 e. The molecule has 78 valence electrons. The number of halogens is 1. The normalized spacial score (nSPS) is 12.8. The first-order valence-electron chi connectivity index (χ1n) is 4.63. The maximum absolute atomic E-state index is 11.7. The van der Waals surface area contributed by atoms with E-state index in [1.807, 2.05) is 18.4 Å². The van der Waals surface area contributed by atoms with E-state index in [2.05, 4.69) is 15.9 Å². The number of carbonyl (C=O) groups excluding carboxylic acids is 1. The molecule has 14 heavy (non-hydrogen) atoms. The van der Waals surface area contributed by atoms with Gasteiger partial charge in [-0.05, 0) is 28.4 Å². The van der Waals surface area contributed by atoms with Crippen LogP contribution in [0, 0.1) is 5.92 Å². The predicted molar refractivity (Wildman–Crippen MR) is 63.6 cm³/mol. The van der Waals surface area contributed by atoms with Gasteiger partial charge in [-0.2, -0.15) is 0 Å². The quantitative estimate of drug-likeness (QED) is 0.898. The van der Waals surface area contributed by atoms with Gasteiger partial charge < -0.3 is 5.73 Å². The maximum atomic E-state index is 11.7. The molecule has 2 N–H and O–H groups in total. The highest BCUT2D eigenvalue weighted by Gasteiger charge is 2.15. The molecule has 1 heterocycles. The van der Waals surface area contributed by atoms with Crippen molar-refractivity contribution < 1.29 is 4.79 Å². The molecule has 2 nitrogen and oxygen atoms in total. The Hall–Kier alpha value is -0.190. The van der Waals surface area contributed by atoms with E-state index in [-0.39, 0.29) is 11.7 Å². The third-order valence-corrected chi connectivity index (χ3v) is 3.90. The fourth-order valence-electron chi connectivity index (χ4n) is 1.29. The summed E-state index contributed by atoms with van der Waals surface area (Å²) in [7, 11) is 0. The fourth-order valence-corrected chi connectivity index (χ4v) is 2.75. The zero-order valence-corrected chi connectivity index (χ0v) is 10.5. The number of rotatable bonds is 5. The molecule has 0 spiro atoms. The van der Waals surface area contributed by atoms with E-state index in [9.17, 15) is 4.79 Å². The zero-order valence-electron chi connectivity index (χ0n) is 8.13. The number of hydrogen-bond acceptors (Lipinski definition) is 3. The molecule has 4 heteroatoms. The second-order valence-electron chi connectivity index (χ2n) is 3.22. The molecule has 1 atom stereocenters. The van der Waals surface area contributed by atoms with Crippen molar-refractivity contribution >= 4 is 33.0 Å². The maximum Gasteiger partial charge on any atom is 0.142 e. The molecular weight excluding hydrogens is 262 g/mol. The monoisotopic (exact) mass is 275 g/mol. The number of Topliss-reactive ketones (excluding diaryl/α,β-unsaturated/α-hetero) is 1. The second-order valence-corrected chi connectivity index (χ2v) is 5.13. The van der Waals surface area contributed by atoms with Gasteiger partial charge in [-0.25, -0.2) is 0 Å². The van der Waals surface area contributed by atoms with Crippen molar-refractivity contribution in [1.29, 1.82) is 0 Å². The Balaban J connectivity index is 2.56. The molecule has 1 aromatic rings. The molecule has 0 aromatic carbocycles. The van der Waals surface area contributed by atoms with Gasteiger partial charge in [0.25, 0.3) is 0 Å². The SMILES string of the molecule is CCC(CN)C(=O)Cc1cc(Br)cs1. The van der Waals surface area contributed by atoms with Crippen molar-refractivity contribution in [2.24, 2.45) is 11.7 Å². The van der Waals surface area contributed by atoms with Crippen LogP contribution in [-0.2, 0) is 11.2 Å². The van der Waals surface area contributed by atoms with E-state index in [0.717, 1.165) is 15.8 Å². The van der Waals surface area contributed by atoms with Crippen LogP contribution in [0.25, 0.3) is 0 Å². The molecule has 0 saturated heterocycles. The van der Waals surface area contributed by atoms with Crippen molar-refractivity contribution in [2.45, 2.75) is 19.8 Å².